The molecule has 0 spiro atoms. The zero-order chi connectivity index (χ0) is 15.9. The summed E-state index contributed by atoms with van der Waals surface area (Å²) < 4.78 is 6.96. The molecule has 0 atom stereocenters. The zero-order valence-corrected chi connectivity index (χ0v) is 13.2. The number of unbranched alkanes of at least 4 members (excludes halogenated alkanes) is 1. The molecule has 0 aliphatic rings. The third-order valence-electron chi connectivity index (χ3n) is 3.13. The Labute approximate surface area is 135 Å². The Hall–Kier alpha value is -2.20. The summed E-state index contributed by atoms with van der Waals surface area (Å²) in [5.41, 5.74) is 6.64. The normalized spacial score (nSPS) is 10.3. The SMILES string of the molecule is CCCCN(Cl)C(=O)c1cc(N)ccc1Oc1ccccc1. The number of hydrogen-bond acceptors (Lipinski definition) is 3. The third kappa shape index (κ3) is 4.15. The number of nitrogens with zero attached hydrogens (tertiary/aromatic N) is 1. The van der Waals surface area contributed by atoms with E-state index in [9.17, 15) is 4.79 Å². The Morgan fingerprint density at radius 3 is 2.64 bits per heavy atom. The minimum Gasteiger partial charge on any atom is -0.457 e. The van der Waals surface area contributed by atoms with Crippen molar-refractivity contribution >= 4 is 23.4 Å². The maximum absolute atomic E-state index is 12.5. The van der Waals surface area contributed by atoms with Crippen LogP contribution in [0.1, 0.15) is 30.1 Å². The van der Waals surface area contributed by atoms with Crippen LogP contribution < -0.4 is 10.5 Å². The standard InChI is InChI=1S/C17H19ClN2O2/c1-2-3-11-20(18)17(21)15-12-13(19)9-10-16(15)22-14-7-5-4-6-8-14/h4-10,12H,2-3,11,19H2,1H3. The lowest BCUT2D eigenvalue weighted by atomic mass is 10.1. The van der Waals surface area contributed by atoms with E-state index in [0.29, 0.717) is 29.3 Å². The molecule has 0 radical (unpaired) electrons. The second-order valence-electron chi connectivity index (χ2n) is 4.92. The van der Waals surface area contributed by atoms with Crippen molar-refractivity contribution in [2.75, 3.05) is 12.3 Å². The van der Waals surface area contributed by atoms with Gasteiger partial charge in [-0.15, -0.1) is 0 Å². The van der Waals surface area contributed by atoms with Gasteiger partial charge in [0.25, 0.3) is 5.91 Å². The minimum atomic E-state index is -0.312. The number of carbonyl (C=O) groups excluding carboxylic acids is 1. The van der Waals surface area contributed by atoms with Gasteiger partial charge in [0, 0.05) is 24.0 Å². The van der Waals surface area contributed by atoms with Crippen molar-refractivity contribution in [3.63, 3.8) is 0 Å². The molecule has 22 heavy (non-hydrogen) atoms. The number of ether oxygens (including phenoxy) is 1. The van der Waals surface area contributed by atoms with Crippen LogP contribution in [0.3, 0.4) is 0 Å². The Morgan fingerprint density at radius 1 is 1.23 bits per heavy atom. The van der Waals surface area contributed by atoms with Crippen molar-refractivity contribution in [1.29, 1.82) is 0 Å². The molecule has 0 saturated carbocycles. The van der Waals surface area contributed by atoms with Gasteiger partial charge in [-0.25, -0.2) is 0 Å². The molecule has 2 aromatic rings. The van der Waals surface area contributed by atoms with E-state index in [1.807, 2.05) is 37.3 Å². The first-order chi connectivity index (χ1) is 10.6. The van der Waals surface area contributed by atoms with Crippen molar-refractivity contribution < 1.29 is 9.53 Å². The molecule has 0 aliphatic carbocycles. The van der Waals surface area contributed by atoms with E-state index in [0.717, 1.165) is 12.8 Å². The summed E-state index contributed by atoms with van der Waals surface area (Å²) in [5, 5.41) is 0. The summed E-state index contributed by atoms with van der Waals surface area (Å²) in [6.45, 7) is 2.52. The summed E-state index contributed by atoms with van der Waals surface area (Å²) in [7, 11) is 0. The largest absolute Gasteiger partial charge is 0.457 e. The predicted octanol–water partition coefficient (Wildman–Crippen LogP) is 4.46. The summed E-state index contributed by atoms with van der Waals surface area (Å²) in [5.74, 6) is 0.775. The number of carbonyl (C=O) groups is 1. The fourth-order valence-electron chi connectivity index (χ4n) is 1.95. The Morgan fingerprint density at radius 2 is 1.95 bits per heavy atom. The van der Waals surface area contributed by atoms with Crippen LogP contribution in [0.15, 0.2) is 48.5 Å². The number of amides is 1. The minimum absolute atomic E-state index is 0.312. The summed E-state index contributed by atoms with van der Waals surface area (Å²) >= 11 is 6.06. The molecule has 4 nitrogen and oxygen atoms in total. The molecule has 0 bridgehead atoms. The first-order valence-corrected chi connectivity index (χ1v) is 7.55. The van der Waals surface area contributed by atoms with Gasteiger partial charge in [0.1, 0.15) is 11.5 Å². The second-order valence-corrected chi connectivity index (χ2v) is 5.32. The van der Waals surface area contributed by atoms with Crippen molar-refractivity contribution in [2.24, 2.45) is 0 Å². The highest BCUT2D eigenvalue weighted by Crippen LogP contribution is 2.28. The summed E-state index contributed by atoms with van der Waals surface area (Å²) in [4.78, 5) is 12.5. The van der Waals surface area contributed by atoms with Crippen LogP contribution >= 0.6 is 11.8 Å². The van der Waals surface area contributed by atoms with Gasteiger partial charge in [0.2, 0.25) is 0 Å². The lowest BCUT2D eigenvalue weighted by molar-refractivity contribution is 0.0860. The second kappa shape index (κ2) is 7.71. The molecule has 0 fully saturated rings. The first kappa shape index (κ1) is 16.2. The molecule has 0 aromatic heterocycles. The van der Waals surface area contributed by atoms with Gasteiger partial charge in [-0.1, -0.05) is 31.5 Å². The van der Waals surface area contributed by atoms with Crippen molar-refractivity contribution in [3.05, 3.63) is 54.1 Å². The van der Waals surface area contributed by atoms with Gasteiger partial charge in [-0.2, -0.15) is 0 Å². The monoisotopic (exact) mass is 318 g/mol. The smallest absolute Gasteiger partial charge is 0.272 e. The Kier molecular flexibility index (Phi) is 5.67. The highest BCUT2D eigenvalue weighted by Gasteiger charge is 2.19. The van der Waals surface area contributed by atoms with Gasteiger partial charge in [-0.3, -0.25) is 9.21 Å². The van der Waals surface area contributed by atoms with E-state index in [-0.39, 0.29) is 5.91 Å². The number of hydrogen-bond donors (Lipinski definition) is 1. The van der Waals surface area contributed by atoms with Gasteiger partial charge in [0.05, 0.1) is 5.56 Å². The van der Waals surface area contributed by atoms with Crippen LogP contribution in [0.2, 0.25) is 0 Å². The highest BCUT2D eigenvalue weighted by atomic mass is 35.5. The molecular weight excluding hydrogens is 300 g/mol. The molecule has 0 saturated heterocycles. The average molecular weight is 319 g/mol. The van der Waals surface area contributed by atoms with Crippen molar-refractivity contribution in [3.8, 4) is 11.5 Å². The lowest BCUT2D eigenvalue weighted by Crippen LogP contribution is -2.23. The molecule has 0 aliphatic heterocycles. The summed E-state index contributed by atoms with van der Waals surface area (Å²) in [6, 6.07) is 14.2. The third-order valence-corrected chi connectivity index (χ3v) is 3.46. The summed E-state index contributed by atoms with van der Waals surface area (Å²) in [6.07, 6.45) is 1.80. The number of anilines is 1. The predicted molar refractivity (Wildman–Crippen MR) is 89.2 cm³/mol. The quantitative estimate of drug-likeness (QED) is 0.632. The first-order valence-electron chi connectivity index (χ1n) is 7.22. The van der Waals surface area contributed by atoms with Crippen LogP contribution in [0.25, 0.3) is 0 Å². The van der Waals surface area contributed by atoms with E-state index in [1.54, 1.807) is 18.2 Å². The molecule has 1 amide bonds. The van der Waals surface area contributed by atoms with E-state index in [1.165, 1.54) is 4.42 Å². The molecule has 2 N–H and O–H groups in total. The Bertz CT molecular complexity index is 632. The maximum atomic E-state index is 12.5. The van der Waals surface area contributed by atoms with Crippen LogP contribution in [0, 0.1) is 0 Å². The fourth-order valence-corrected chi connectivity index (χ4v) is 2.16. The van der Waals surface area contributed by atoms with Crippen LogP contribution in [-0.4, -0.2) is 16.9 Å². The lowest BCUT2D eigenvalue weighted by Gasteiger charge is -2.16. The van der Waals surface area contributed by atoms with E-state index >= 15 is 0 Å². The number of nitrogen functional groups attached to an aromatic ring is 1. The maximum Gasteiger partial charge on any atom is 0.272 e. The van der Waals surface area contributed by atoms with E-state index in [4.69, 9.17) is 22.2 Å². The molecular formula is C17H19ClN2O2. The Balaban J connectivity index is 2.26. The number of nitrogens with two attached hydrogens (primary N) is 1. The van der Waals surface area contributed by atoms with Crippen LogP contribution in [0.4, 0.5) is 5.69 Å². The molecule has 2 rings (SSSR count). The fraction of sp³-hybridized carbons (Fsp3) is 0.235. The molecule has 0 heterocycles. The number of para-hydroxylation sites is 1. The topological polar surface area (TPSA) is 55.6 Å². The van der Waals surface area contributed by atoms with E-state index < -0.39 is 0 Å². The molecule has 116 valence electrons. The van der Waals surface area contributed by atoms with Gasteiger partial charge < -0.3 is 10.5 Å². The molecule has 2 aromatic carbocycles. The van der Waals surface area contributed by atoms with Gasteiger partial charge in [-0.05, 0) is 36.8 Å². The van der Waals surface area contributed by atoms with Crippen molar-refractivity contribution in [1.82, 2.24) is 4.42 Å². The highest BCUT2D eigenvalue weighted by molar-refractivity contribution is 6.24. The number of benzene rings is 2. The van der Waals surface area contributed by atoms with Gasteiger partial charge >= 0.3 is 0 Å². The van der Waals surface area contributed by atoms with E-state index in [2.05, 4.69) is 0 Å². The van der Waals surface area contributed by atoms with Gasteiger partial charge in [0.15, 0.2) is 0 Å². The number of halogens is 1. The number of rotatable bonds is 6. The van der Waals surface area contributed by atoms with Crippen LogP contribution in [-0.2, 0) is 0 Å². The molecule has 0 unspecified atom stereocenters. The van der Waals surface area contributed by atoms with Crippen molar-refractivity contribution in [2.45, 2.75) is 19.8 Å². The average Bonchev–Trinajstić information content (AvgIpc) is 2.54. The van der Waals surface area contributed by atoms with Crippen LogP contribution in [0.5, 0.6) is 11.5 Å². The zero-order valence-electron chi connectivity index (χ0n) is 12.5. The molecule has 5 heteroatoms.